The van der Waals surface area contributed by atoms with Gasteiger partial charge in [0.1, 0.15) is 6.04 Å². The topological polar surface area (TPSA) is 89.6 Å². The molecule has 0 aliphatic heterocycles. The van der Waals surface area contributed by atoms with Crippen LogP contribution in [0.5, 0.6) is 0 Å². The quantitative estimate of drug-likeness (QED) is 0.722. The van der Waals surface area contributed by atoms with E-state index in [9.17, 15) is 9.59 Å². The maximum absolute atomic E-state index is 11.1. The maximum Gasteiger partial charge on any atom is 0.337 e. The lowest BCUT2D eigenvalue weighted by Gasteiger charge is -2.06. The van der Waals surface area contributed by atoms with Crippen LogP contribution in [0.25, 0.3) is 0 Å². The number of nitrogens with two attached hydrogens (primary N) is 1. The minimum atomic E-state index is -1.04. The molecule has 3 N–H and O–H groups in total. The van der Waals surface area contributed by atoms with Gasteiger partial charge in [-0.25, -0.2) is 4.79 Å². The molecule has 0 spiro atoms. The summed E-state index contributed by atoms with van der Waals surface area (Å²) in [6, 6.07) is 5.55. The Labute approximate surface area is 92.8 Å². The Balaban J connectivity index is 2.72. The summed E-state index contributed by atoms with van der Waals surface area (Å²) in [5.41, 5.74) is 6.57. The summed E-state index contributed by atoms with van der Waals surface area (Å²) in [7, 11) is 1.30. The van der Waals surface area contributed by atoms with E-state index in [2.05, 4.69) is 4.74 Å². The first kappa shape index (κ1) is 12.2. The van der Waals surface area contributed by atoms with Gasteiger partial charge in [0.2, 0.25) is 0 Å². The fourth-order valence-electron chi connectivity index (χ4n) is 1.24. The van der Waals surface area contributed by atoms with Crippen LogP contribution >= 0.6 is 0 Å². The number of benzene rings is 1. The molecule has 0 fully saturated rings. The summed E-state index contributed by atoms with van der Waals surface area (Å²) in [5.74, 6) is -1.47. The molecule has 1 aromatic carbocycles. The molecule has 1 atom stereocenters. The lowest BCUT2D eigenvalue weighted by molar-refractivity contribution is -0.138. The molecule has 0 saturated heterocycles. The molecule has 16 heavy (non-hydrogen) atoms. The average molecular weight is 223 g/mol. The van der Waals surface area contributed by atoms with Gasteiger partial charge in [0.05, 0.1) is 12.7 Å². The first-order valence-corrected chi connectivity index (χ1v) is 4.70. The summed E-state index contributed by atoms with van der Waals surface area (Å²) in [5, 5.41) is 8.63. The molecular formula is C11H13NO4. The molecule has 0 bridgehead atoms. The molecule has 0 amide bonds. The lowest BCUT2D eigenvalue weighted by atomic mass is 10.0. The van der Waals surface area contributed by atoms with Crippen LogP contribution in [-0.4, -0.2) is 30.2 Å². The molecule has 0 heterocycles. The number of hydrogen-bond acceptors (Lipinski definition) is 4. The van der Waals surface area contributed by atoms with Gasteiger partial charge < -0.3 is 15.6 Å². The third-order valence-electron chi connectivity index (χ3n) is 2.15. The zero-order chi connectivity index (χ0) is 12.1. The Morgan fingerprint density at radius 1 is 1.38 bits per heavy atom. The summed E-state index contributed by atoms with van der Waals surface area (Å²) in [6.45, 7) is 0. The predicted molar refractivity (Wildman–Crippen MR) is 57.1 cm³/mol. The predicted octanol–water partition coefficient (Wildman–Crippen LogP) is 0.428. The Morgan fingerprint density at radius 3 is 2.38 bits per heavy atom. The van der Waals surface area contributed by atoms with Crippen molar-refractivity contribution in [3.8, 4) is 0 Å². The van der Waals surface area contributed by atoms with E-state index in [1.807, 2.05) is 0 Å². The van der Waals surface area contributed by atoms with Crippen LogP contribution < -0.4 is 5.73 Å². The van der Waals surface area contributed by atoms with Gasteiger partial charge in [-0.05, 0) is 24.1 Å². The number of carbonyl (C=O) groups is 2. The van der Waals surface area contributed by atoms with Crippen molar-refractivity contribution in [2.24, 2.45) is 5.73 Å². The van der Waals surface area contributed by atoms with E-state index in [1.165, 1.54) is 7.11 Å². The molecule has 5 nitrogen and oxygen atoms in total. The number of aliphatic carboxylic acids is 1. The molecule has 5 heteroatoms. The van der Waals surface area contributed by atoms with E-state index in [-0.39, 0.29) is 6.42 Å². The standard InChI is InChI=1S/C11H13NO4/c1-16-11(15)8-4-2-7(3-5-8)6-9(12)10(13)14/h2-5,9H,6,12H2,1H3,(H,13,14)/t9-/m1/s1. The zero-order valence-electron chi connectivity index (χ0n) is 8.84. The second-order valence-electron chi connectivity index (χ2n) is 3.34. The fraction of sp³-hybridized carbons (Fsp3) is 0.273. The van der Waals surface area contributed by atoms with Gasteiger partial charge >= 0.3 is 11.9 Å². The summed E-state index contributed by atoms with van der Waals surface area (Å²) in [6.07, 6.45) is 0.233. The second-order valence-corrected chi connectivity index (χ2v) is 3.34. The monoisotopic (exact) mass is 223 g/mol. The molecule has 0 unspecified atom stereocenters. The van der Waals surface area contributed by atoms with Gasteiger partial charge in [0.25, 0.3) is 0 Å². The van der Waals surface area contributed by atoms with Crippen molar-refractivity contribution in [2.75, 3.05) is 7.11 Å². The third-order valence-corrected chi connectivity index (χ3v) is 2.15. The van der Waals surface area contributed by atoms with E-state index in [0.717, 1.165) is 5.56 Å². The van der Waals surface area contributed by atoms with Crippen molar-refractivity contribution >= 4 is 11.9 Å². The van der Waals surface area contributed by atoms with Crippen molar-refractivity contribution < 1.29 is 19.4 Å². The Bertz CT molecular complexity index is 385. The lowest BCUT2D eigenvalue weighted by Crippen LogP contribution is -2.32. The van der Waals surface area contributed by atoms with Crippen molar-refractivity contribution in [3.63, 3.8) is 0 Å². The molecule has 0 radical (unpaired) electrons. The highest BCUT2D eigenvalue weighted by Gasteiger charge is 2.12. The molecule has 1 rings (SSSR count). The van der Waals surface area contributed by atoms with E-state index in [0.29, 0.717) is 5.56 Å². The van der Waals surface area contributed by atoms with Gasteiger partial charge in [-0.3, -0.25) is 4.79 Å². The smallest absolute Gasteiger partial charge is 0.337 e. The summed E-state index contributed by atoms with van der Waals surface area (Å²) in [4.78, 5) is 21.6. The minimum absolute atomic E-state index is 0.233. The van der Waals surface area contributed by atoms with Crippen LogP contribution in [0.4, 0.5) is 0 Å². The van der Waals surface area contributed by atoms with Gasteiger partial charge in [-0.1, -0.05) is 12.1 Å². The van der Waals surface area contributed by atoms with Crippen LogP contribution in [-0.2, 0) is 16.0 Å². The number of rotatable bonds is 4. The Morgan fingerprint density at radius 2 is 1.94 bits per heavy atom. The number of hydrogen-bond donors (Lipinski definition) is 2. The van der Waals surface area contributed by atoms with E-state index in [4.69, 9.17) is 10.8 Å². The van der Waals surface area contributed by atoms with Crippen molar-refractivity contribution in [1.82, 2.24) is 0 Å². The number of carboxylic acid groups (broad SMARTS) is 1. The minimum Gasteiger partial charge on any atom is -0.480 e. The second kappa shape index (κ2) is 5.27. The first-order chi connectivity index (χ1) is 7.54. The molecule has 86 valence electrons. The number of methoxy groups -OCH3 is 1. The van der Waals surface area contributed by atoms with Gasteiger partial charge in [-0.2, -0.15) is 0 Å². The highest BCUT2D eigenvalue weighted by Crippen LogP contribution is 2.07. The van der Waals surface area contributed by atoms with Crippen LogP contribution in [0.3, 0.4) is 0 Å². The largest absolute Gasteiger partial charge is 0.480 e. The van der Waals surface area contributed by atoms with E-state index < -0.39 is 18.0 Å². The Hall–Kier alpha value is -1.88. The molecule has 0 saturated carbocycles. The molecule has 1 aromatic rings. The number of carbonyl (C=O) groups excluding carboxylic acids is 1. The summed E-state index contributed by atoms with van der Waals surface area (Å²) >= 11 is 0. The van der Waals surface area contributed by atoms with Gasteiger partial charge in [0, 0.05) is 0 Å². The molecule has 0 aromatic heterocycles. The highest BCUT2D eigenvalue weighted by atomic mass is 16.5. The SMILES string of the molecule is COC(=O)c1ccc(C[C@@H](N)C(=O)O)cc1. The van der Waals surface area contributed by atoms with Gasteiger partial charge in [0.15, 0.2) is 0 Å². The van der Waals surface area contributed by atoms with Gasteiger partial charge in [-0.15, -0.1) is 0 Å². The van der Waals surface area contributed by atoms with Crippen molar-refractivity contribution in [2.45, 2.75) is 12.5 Å². The maximum atomic E-state index is 11.1. The highest BCUT2D eigenvalue weighted by molar-refractivity contribution is 5.89. The number of esters is 1. The third kappa shape index (κ3) is 3.06. The van der Waals surface area contributed by atoms with Crippen LogP contribution in [0.1, 0.15) is 15.9 Å². The number of carboxylic acids is 1. The zero-order valence-corrected chi connectivity index (χ0v) is 8.84. The van der Waals surface area contributed by atoms with E-state index >= 15 is 0 Å². The average Bonchev–Trinajstić information content (AvgIpc) is 2.28. The Kier molecular flexibility index (Phi) is 4.02. The van der Waals surface area contributed by atoms with E-state index in [1.54, 1.807) is 24.3 Å². The van der Waals surface area contributed by atoms with Crippen molar-refractivity contribution in [1.29, 1.82) is 0 Å². The molecule has 0 aliphatic rings. The van der Waals surface area contributed by atoms with Crippen molar-refractivity contribution in [3.05, 3.63) is 35.4 Å². The summed E-state index contributed by atoms with van der Waals surface area (Å²) < 4.78 is 4.54. The normalized spacial score (nSPS) is 11.9. The fourth-order valence-corrected chi connectivity index (χ4v) is 1.24. The van der Waals surface area contributed by atoms with Crippen LogP contribution in [0.2, 0.25) is 0 Å². The van der Waals surface area contributed by atoms with Crippen LogP contribution in [0, 0.1) is 0 Å². The number of ether oxygens (including phenoxy) is 1. The first-order valence-electron chi connectivity index (χ1n) is 4.70. The van der Waals surface area contributed by atoms with Crippen LogP contribution in [0.15, 0.2) is 24.3 Å². The molecule has 0 aliphatic carbocycles. The molecular weight excluding hydrogens is 210 g/mol.